The second-order valence-electron chi connectivity index (χ2n) is 5.45. The fraction of sp³-hybridized carbons (Fsp3) is 0.909. The first-order valence-corrected chi connectivity index (χ1v) is 7.92. The number of nitrogens with zero attached hydrogens (tertiary/aromatic N) is 1. The Balaban J connectivity index is 1.76. The number of carbonyl (C=O) groups excluding carboxylic acids is 1. The Bertz CT molecular complexity index is 401. The van der Waals surface area contributed by atoms with Gasteiger partial charge >= 0.3 is 0 Å². The number of halogens is 1. The van der Waals surface area contributed by atoms with E-state index in [-0.39, 0.29) is 34.8 Å². The molecule has 9 heteroatoms. The van der Waals surface area contributed by atoms with Gasteiger partial charge in [0.1, 0.15) is 18.6 Å². The highest BCUT2D eigenvalue weighted by atomic mass is 127. The van der Waals surface area contributed by atoms with E-state index in [4.69, 9.17) is 15.6 Å². The molecule has 6 N–H and O–H groups in total. The van der Waals surface area contributed by atoms with E-state index in [1.54, 1.807) is 0 Å². The summed E-state index contributed by atoms with van der Waals surface area (Å²) in [5.74, 6) is -0.246. The van der Waals surface area contributed by atoms with Crippen molar-refractivity contribution in [1.82, 2.24) is 15.5 Å². The molecular formula is C11H19IN4O4. The van der Waals surface area contributed by atoms with Crippen molar-refractivity contribution in [2.45, 2.75) is 41.2 Å². The van der Waals surface area contributed by atoms with Gasteiger partial charge in [0.05, 0.1) is 24.8 Å². The molecule has 1 amide bonds. The SMILES string of the molecule is NC1NC(=O)C2C(I)CN([C@H]3C[C@H](O)[C@@H](CO)O3)C2N1. The number of amides is 1. The normalized spacial score (nSPS) is 49.2. The van der Waals surface area contributed by atoms with Gasteiger partial charge in [-0.15, -0.1) is 0 Å². The van der Waals surface area contributed by atoms with Crippen LogP contribution in [0.1, 0.15) is 6.42 Å². The summed E-state index contributed by atoms with van der Waals surface area (Å²) in [5, 5.41) is 24.9. The number of aliphatic hydroxyl groups is 2. The predicted octanol–water partition coefficient (Wildman–Crippen LogP) is -2.52. The maximum absolute atomic E-state index is 12.0. The molecule has 0 saturated carbocycles. The molecule has 0 aromatic rings. The molecule has 0 bridgehead atoms. The molecule has 0 aromatic heterocycles. The minimum absolute atomic E-state index is 0.0552. The number of alkyl halides is 1. The van der Waals surface area contributed by atoms with Crippen LogP contribution in [0, 0.1) is 5.92 Å². The van der Waals surface area contributed by atoms with Gasteiger partial charge in [0.15, 0.2) is 0 Å². The smallest absolute Gasteiger partial charge is 0.229 e. The summed E-state index contributed by atoms with van der Waals surface area (Å²) in [6, 6.07) is 0. The van der Waals surface area contributed by atoms with Crippen LogP contribution in [0.25, 0.3) is 0 Å². The number of nitrogens with two attached hydrogens (primary N) is 1. The first kappa shape index (κ1) is 14.9. The molecule has 0 spiro atoms. The average molecular weight is 398 g/mol. The number of nitrogens with one attached hydrogen (secondary N) is 2. The summed E-state index contributed by atoms with van der Waals surface area (Å²) < 4.78 is 5.83. The van der Waals surface area contributed by atoms with Crippen molar-refractivity contribution in [3.63, 3.8) is 0 Å². The molecule has 3 heterocycles. The Morgan fingerprint density at radius 2 is 2.30 bits per heavy atom. The van der Waals surface area contributed by atoms with Crippen LogP contribution in [-0.4, -0.2) is 69.0 Å². The highest BCUT2D eigenvalue weighted by Crippen LogP contribution is 2.36. The Hall–Kier alpha value is -0.0400. The van der Waals surface area contributed by atoms with E-state index < -0.39 is 18.5 Å². The van der Waals surface area contributed by atoms with Crippen LogP contribution in [0.2, 0.25) is 0 Å². The molecular weight excluding hydrogens is 379 g/mol. The molecule has 20 heavy (non-hydrogen) atoms. The van der Waals surface area contributed by atoms with E-state index in [2.05, 4.69) is 33.2 Å². The lowest BCUT2D eigenvalue weighted by molar-refractivity contribution is -0.133. The third-order valence-electron chi connectivity index (χ3n) is 4.18. The summed E-state index contributed by atoms with van der Waals surface area (Å²) in [6.07, 6.45) is -1.89. The van der Waals surface area contributed by atoms with Gasteiger partial charge in [-0.1, -0.05) is 22.6 Å². The number of likely N-dealkylation sites (tertiary alicyclic amines) is 1. The van der Waals surface area contributed by atoms with E-state index >= 15 is 0 Å². The van der Waals surface area contributed by atoms with Gasteiger partial charge in [0.25, 0.3) is 0 Å². The number of aliphatic hydroxyl groups excluding tert-OH is 2. The number of hydrogen-bond acceptors (Lipinski definition) is 7. The van der Waals surface area contributed by atoms with E-state index in [0.29, 0.717) is 13.0 Å². The van der Waals surface area contributed by atoms with Gasteiger partial charge in [-0.05, 0) is 0 Å². The molecule has 0 radical (unpaired) electrons. The summed E-state index contributed by atoms with van der Waals surface area (Å²) >= 11 is 2.26. The molecule has 114 valence electrons. The monoisotopic (exact) mass is 398 g/mol. The van der Waals surface area contributed by atoms with Crippen molar-refractivity contribution in [3.05, 3.63) is 0 Å². The summed E-state index contributed by atoms with van der Waals surface area (Å²) in [6.45, 7) is 0.471. The van der Waals surface area contributed by atoms with Gasteiger partial charge < -0.3 is 20.3 Å². The van der Waals surface area contributed by atoms with Gasteiger partial charge in [-0.25, -0.2) is 0 Å². The molecule has 4 unspecified atom stereocenters. The highest BCUT2D eigenvalue weighted by molar-refractivity contribution is 14.1. The van der Waals surface area contributed by atoms with Crippen molar-refractivity contribution >= 4 is 28.5 Å². The molecule has 3 aliphatic heterocycles. The van der Waals surface area contributed by atoms with Crippen molar-refractivity contribution < 1.29 is 19.7 Å². The summed E-state index contributed by atoms with van der Waals surface area (Å²) in [4.78, 5) is 14.1. The number of rotatable bonds is 2. The largest absolute Gasteiger partial charge is 0.394 e. The standard InChI is InChI=1S/C11H19IN4O4/c12-4-2-16(7-1-5(18)6(3-17)20-7)9-8(4)10(19)15-11(13)14-9/h4-9,11,14,17-18H,1-3,13H2,(H,15,19)/t4?,5-,6+,7+,8?,9?,11?/m0/s1. The van der Waals surface area contributed by atoms with Gasteiger partial charge in [0, 0.05) is 16.9 Å². The van der Waals surface area contributed by atoms with Crippen LogP contribution in [0.5, 0.6) is 0 Å². The molecule has 3 aliphatic rings. The Labute approximate surface area is 130 Å². The zero-order valence-corrected chi connectivity index (χ0v) is 12.9. The van der Waals surface area contributed by atoms with Crippen molar-refractivity contribution in [1.29, 1.82) is 0 Å². The average Bonchev–Trinajstić information content (AvgIpc) is 2.90. The first-order valence-electron chi connectivity index (χ1n) is 6.67. The van der Waals surface area contributed by atoms with Crippen LogP contribution < -0.4 is 16.4 Å². The third kappa shape index (κ3) is 2.45. The highest BCUT2D eigenvalue weighted by Gasteiger charge is 2.52. The van der Waals surface area contributed by atoms with Crippen molar-refractivity contribution in [3.8, 4) is 0 Å². The van der Waals surface area contributed by atoms with Crippen molar-refractivity contribution in [2.75, 3.05) is 13.2 Å². The molecule has 7 atom stereocenters. The topological polar surface area (TPSA) is 120 Å². The second-order valence-corrected chi connectivity index (χ2v) is 7.05. The lowest BCUT2D eigenvalue weighted by atomic mass is 10.0. The van der Waals surface area contributed by atoms with Crippen LogP contribution in [0.3, 0.4) is 0 Å². The number of hydrogen-bond donors (Lipinski definition) is 5. The minimum Gasteiger partial charge on any atom is -0.394 e. The Morgan fingerprint density at radius 1 is 1.55 bits per heavy atom. The quantitative estimate of drug-likeness (QED) is 0.257. The Morgan fingerprint density at radius 3 is 2.95 bits per heavy atom. The maximum Gasteiger partial charge on any atom is 0.229 e. The zero-order valence-electron chi connectivity index (χ0n) is 10.8. The Kier molecular flexibility index (Phi) is 4.19. The summed E-state index contributed by atoms with van der Waals surface area (Å²) in [7, 11) is 0. The minimum atomic E-state index is -0.678. The van der Waals surface area contributed by atoms with Gasteiger partial charge in [0.2, 0.25) is 5.91 Å². The fourth-order valence-corrected chi connectivity index (χ4v) is 4.37. The third-order valence-corrected chi connectivity index (χ3v) is 5.35. The van der Waals surface area contributed by atoms with Crippen molar-refractivity contribution in [2.24, 2.45) is 11.7 Å². The molecule has 3 rings (SSSR count). The number of fused-ring (bicyclic) bond motifs is 1. The lowest BCUT2D eigenvalue weighted by Gasteiger charge is -2.38. The first-order chi connectivity index (χ1) is 9.51. The van der Waals surface area contributed by atoms with E-state index in [9.17, 15) is 9.90 Å². The molecule has 8 nitrogen and oxygen atoms in total. The van der Waals surface area contributed by atoms with E-state index in [1.807, 2.05) is 4.90 Å². The van der Waals surface area contributed by atoms with Crippen LogP contribution in [0.15, 0.2) is 0 Å². The predicted molar refractivity (Wildman–Crippen MR) is 77.4 cm³/mol. The number of carbonyl (C=O) groups is 1. The van der Waals surface area contributed by atoms with Crippen LogP contribution in [-0.2, 0) is 9.53 Å². The zero-order chi connectivity index (χ0) is 14.4. The molecule has 3 fully saturated rings. The van der Waals surface area contributed by atoms with Crippen LogP contribution >= 0.6 is 22.6 Å². The second kappa shape index (κ2) is 5.63. The van der Waals surface area contributed by atoms with E-state index in [1.165, 1.54) is 0 Å². The fourth-order valence-electron chi connectivity index (χ4n) is 3.20. The van der Waals surface area contributed by atoms with E-state index in [0.717, 1.165) is 0 Å². The van der Waals surface area contributed by atoms with Gasteiger partial charge in [-0.2, -0.15) is 0 Å². The molecule has 0 aliphatic carbocycles. The van der Waals surface area contributed by atoms with Crippen LogP contribution in [0.4, 0.5) is 0 Å². The maximum atomic E-state index is 12.0. The molecule has 3 saturated heterocycles. The lowest BCUT2D eigenvalue weighted by Crippen LogP contribution is -2.68. The van der Waals surface area contributed by atoms with Gasteiger partial charge in [-0.3, -0.25) is 20.7 Å². The summed E-state index contributed by atoms with van der Waals surface area (Å²) in [5.41, 5.74) is 5.77. The molecule has 0 aromatic carbocycles. The number of ether oxygens (including phenoxy) is 1.